The number of hydrogen-bond donors (Lipinski definition) is 2. The van der Waals surface area contributed by atoms with Gasteiger partial charge < -0.3 is 11.1 Å². The van der Waals surface area contributed by atoms with Gasteiger partial charge in [0.15, 0.2) is 5.78 Å². The minimum Gasteiger partial charge on any atom is -0.382 e. The van der Waals surface area contributed by atoms with E-state index in [9.17, 15) is 4.79 Å². The van der Waals surface area contributed by atoms with Crippen LogP contribution in [0.15, 0.2) is 49.1 Å². The fourth-order valence-corrected chi connectivity index (χ4v) is 2.32. The maximum absolute atomic E-state index is 12.3. The Morgan fingerprint density at radius 2 is 2.00 bits per heavy atom. The van der Waals surface area contributed by atoms with Crippen LogP contribution >= 0.6 is 11.6 Å². The molecule has 7 nitrogen and oxygen atoms in total. The number of carbonyl (C=O) groups is 1. The highest BCUT2D eigenvalue weighted by Crippen LogP contribution is 2.15. The SMILES string of the molecule is Nc1ncccc1NCc1cc(CC(=O)c2cnc(Cl)cn2)ccn1. The fourth-order valence-electron chi connectivity index (χ4n) is 2.22. The lowest BCUT2D eigenvalue weighted by molar-refractivity contribution is 0.0988. The van der Waals surface area contributed by atoms with Gasteiger partial charge in [0.05, 0.1) is 30.3 Å². The van der Waals surface area contributed by atoms with Crippen molar-refractivity contribution in [3.8, 4) is 0 Å². The van der Waals surface area contributed by atoms with Crippen molar-refractivity contribution in [3.63, 3.8) is 0 Å². The molecule has 0 saturated carbocycles. The van der Waals surface area contributed by atoms with E-state index in [0.717, 1.165) is 16.9 Å². The number of ketones is 1. The lowest BCUT2D eigenvalue weighted by Crippen LogP contribution is -2.08. The second-order valence-corrected chi connectivity index (χ2v) is 5.66. The maximum atomic E-state index is 12.3. The molecule has 3 aromatic rings. The highest BCUT2D eigenvalue weighted by molar-refractivity contribution is 6.29. The van der Waals surface area contributed by atoms with Gasteiger partial charge in [0.25, 0.3) is 0 Å². The van der Waals surface area contributed by atoms with Crippen LogP contribution in [0.2, 0.25) is 5.15 Å². The van der Waals surface area contributed by atoms with Crippen LogP contribution < -0.4 is 11.1 Å². The smallest absolute Gasteiger partial charge is 0.187 e. The lowest BCUT2D eigenvalue weighted by Gasteiger charge is -2.08. The first-order valence-electron chi connectivity index (χ1n) is 7.51. The van der Waals surface area contributed by atoms with E-state index >= 15 is 0 Å². The van der Waals surface area contributed by atoms with Crippen molar-refractivity contribution in [2.24, 2.45) is 0 Å². The molecule has 0 aliphatic carbocycles. The third-order valence-corrected chi connectivity index (χ3v) is 3.65. The van der Waals surface area contributed by atoms with Gasteiger partial charge in [-0.2, -0.15) is 0 Å². The van der Waals surface area contributed by atoms with Gasteiger partial charge in [-0.05, 0) is 29.8 Å². The van der Waals surface area contributed by atoms with Gasteiger partial charge in [0.2, 0.25) is 0 Å². The van der Waals surface area contributed by atoms with Crippen LogP contribution in [0.1, 0.15) is 21.7 Å². The standard InChI is InChI=1S/C17H15ClN6O/c18-16-10-23-14(9-24-16)15(25)7-11-3-5-20-12(6-11)8-22-13-2-1-4-21-17(13)19/h1-6,9-10,22H,7-8H2,(H2,19,21). The van der Waals surface area contributed by atoms with Crippen molar-refractivity contribution in [3.05, 3.63) is 71.2 Å². The van der Waals surface area contributed by atoms with Gasteiger partial charge >= 0.3 is 0 Å². The molecule has 25 heavy (non-hydrogen) atoms. The van der Waals surface area contributed by atoms with Crippen molar-refractivity contribution in [1.29, 1.82) is 0 Å². The second-order valence-electron chi connectivity index (χ2n) is 5.27. The molecule has 0 spiro atoms. The molecule has 0 atom stereocenters. The van der Waals surface area contributed by atoms with Crippen molar-refractivity contribution in [2.45, 2.75) is 13.0 Å². The number of aromatic nitrogens is 4. The summed E-state index contributed by atoms with van der Waals surface area (Å²) in [7, 11) is 0. The highest BCUT2D eigenvalue weighted by atomic mass is 35.5. The molecule has 0 fully saturated rings. The summed E-state index contributed by atoms with van der Waals surface area (Å²) in [5, 5.41) is 3.43. The van der Waals surface area contributed by atoms with Crippen LogP contribution in [0.5, 0.6) is 0 Å². The molecule has 0 saturated heterocycles. The van der Waals surface area contributed by atoms with E-state index in [0.29, 0.717) is 12.4 Å². The van der Waals surface area contributed by atoms with Gasteiger partial charge in [0, 0.05) is 18.8 Å². The Balaban J connectivity index is 1.66. The van der Waals surface area contributed by atoms with Gasteiger partial charge in [-0.3, -0.25) is 9.78 Å². The average Bonchev–Trinajstić information content (AvgIpc) is 2.62. The molecule has 0 aromatic carbocycles. The van der Waals surface area contributed by atoms with Crippen LogP contribution in [-0.2, 0) is 13.0 Å². The zero-order chi connectivity index (χ0) is 17.6. The Bertz CT molecular complexity index is 884. The van der Waals surface area contributed by atoms with Crippen LogP contribution in [-0.4, -0.2) is 25.7 Å². The zero-order valence-electron chi connectivity index (χ0n) is 13.2. The molecule has 3 aromatic heterocycles. The molecule has 3 N–H and O–H groups in total. The quantitative estimate of drug-likeness (QED) is 0.655. The van der Waals surface area contributed by atoms with E-state index in [2.05, 4.69) is 25.3 Å². The second kappa shape index (κ2) is 7.67. The molecule has 0 aliphatic heterocycles. The number of nitrogens with zero attached hydrogens (tertiary/aromatic N) is 4. The summed E-state index contributed by atoms with van der Waals surface area (Å²) in [6, 6.07) is 7.30. The number of anilines is 2. The highest BCUT2D eigenvalue weighted by Gasteiger charge is 2.10. The van der Waals surface area contributed by atoms with Gasteiger partial charge in [-0.25, -0.2) is 15.0 Å². The van der Waals surface area contributed by atoms with Crippen LogP contribution in [0.4, 0.5) is 11.5 Å². The number of carbonyl (C=O) groups excluding carboxylic acids is 1. The zero-order valence-corrected chi connectivity index (χ0v) is 13.9. The largest absolute Gasteiger partial charge is 0.382 e. The van der Waals surface area contributed by atoms with Gasteiger partial charge in [0.1, 0.15) is 16.7 Å². The first-order chi connectivity index (χ1) is 12.1. The molecule has 0 radical (unpaired) electrons. The molecule has 0 bridgehead atoms. The van der Waals surface area contributed by atoms with Crippen molar-refractivity contribution in [1.82, 2.24) is 19.9 Å². The minimum absolute atomic E-state index is 0.134. The average molecular weight is 355 g/mol. The predicted octanol–water partition coefficient (Wildman–Crippen LogP) is 2.54. The minimum atomic E-state index is -0.134. The predicted molar refractivity (Wildman–Crippen MR) is 95.3 cm³/mol. The molecular weight excluding hydrogens is 340 g/mol. The van der Waals surface area contributed by atoms with Crippen molar-refractivity contribution >= 4 is 28.9 Å². The molecule has 0 aliphatic rings. The number of hydrogen-bond acceptors (Lipinski definition) is 7. The summed E-state index contributed by atoms with van der Waals surface area (Å²) in [5.41, 5.74) is 8.44. The molecule has 126 valence electrons. The number of Topliss-reactive ketones (excluding diaryl/α,β-unsaturated/α-hetero) is 1. The molecule has 3 heterocycles. The monoisotopic (exact) mass is 354 g/mol. The van der Waals surface area contributed by atoms with Crippen LogP contribution in [0.25, 0.3) is 0 Å². The number of nitrogen functional groups attached to an aromatic ring is 1. The summed E-state index contributed by atoms with van der Waals surface area (Å²) < 4.78 is 0. The maximum Gasteiger partial charge on any atom is 0.187 e. The molecule has 0 amide bonds. The molecule has 0 unspecified atom stereocenters. The first kappa shape index (κ1) is 16.8. The Morgan fingerprint density at radius 3 is 2.76 bits per heavy atom. The van der Waals surface area contributed by atoms with Crippen LogP contribution in [0.3, 0.4) is 0 Å². The number of nitrogens with one attached hydrogen (secondary N) is 1. The molecule has 3 rings (SSSR count). The van der Waals surface area contributed by atoms with Crippen molar-refractivity contribution < 1.29 is 4.79 Å². The summed E-state index contributed by atoms with van der Waals surface area (Å²) in [6.07, 6.45) is 6.24. The fraction of sp³-hybridized carbons (Fsp3) is 0.118. The van der Waals surface area contributed by atoms with Crippen LogP contribution in [0, 0.1) is 0 Å². The van der Waals surface area contributed by atoms with E-state index in [4.69, 9.17) is 17.3 Å². The molecular formula is C17H15ClN6O. The Morgan fingerprint density at radius 1 is 1.12 bits per heavy atom. The summed E-state index contributed by atoms with van der Waals surface area (Å²) in [5.74, 6) is 0.293. The number of rotatable bonds is 6. The van der Waals surface area contributed by atoms with E-state index in [1.807, 2.05) is 12.1 Å². The number of nitrogens with two attached hydrogens (primary N) is 1. The van der Waals surface area contributed by atoms with Gasteiger partial charge in [-0.1, -0.05) is 11.6 Å². The van der Waals surface area contributed by atoms with E-state index < -0.39 is 0 Å². The normalized spacial score (nSPS) is 10.4. The third-order valence-electron chi connectivity index (χ3n) is 3.45. The summed E-state index contributed by atoms with van der Waals surface area (Å²) in [4.78, 5) is 28.4. The summed E-state index contributed by atoms with van der Waals surface area (Å²) >= 11 is 5.68. The number of pyridine rings is 2. The first-order valence-corrected chi connectivity index (χ1v) is 7.88. The van der Waals surface area contributed by atoms with Crippen molar-refractivity contribution in [2.75, 3.05) is 11.1 Å². The van der Waals surface area contributed by atoms with E-state index in [1.54, 1.807) is 24.5 Å². The Kier molecular flexibility index (Phi) is 5.15. The summed E-state index contributed by atoms with van der Waals surface area (Å²) in [6.45, 7) is 0.471. The van der Waals surface area contributed by atoms with Gasteiger partial charge in [-0.15, -0.1) is 0 Å². The number of halogens is 1. The topological polar surface area (TPSA) is 107 Å². The Labute approximate surface area is 149 Å². The van der Waals surface area contributed by atoms with E-state index in [1.165, 1.54) is 12.4 Å². The van der Waals surface area contributed by atoms with E-state index in [-0.39, 0.29) is 23.1 Å². The third kappa shape index (κ3) is 4.48. The Hall–Kier alpha value is -3.06. The lowest BCUT2D eigenvalue weighted by atomic mass is 10.1. The molecule has 8 heteroatoms.